The summed E-state index contributed by atoms with van der Waals surface area (Å²) in [5.74, 6) is 1.04. The van der Waals surface area contributed by atoms with E-state index in [1.165, 1.54) is 0 Å². The van der Waals surface area contributed by atoms with Crippen LogP contribution >= 0.6 is 0 Å². The molecule has 1 atom stereocenters. The summed E-state index contributed by atoms with van der Waals surface area (Å²) in [5.41, 5.74) is 1.97. The zero-order valence-electron chi connectivity index (χ0n) is 13.5. The summed E-state index contributed by atoms with van der Waals surface area (Å²) >= 11 is 0. The number of nitrogens with one attached hydrogen (secondary N) is 1. The van der Waals surface area contributed by atoms with E-state index in [0.29, 0.717) is 42.8 Å². The third-order valence-corrected chi connectivity index (χ3v) is 4.05. The first-order valence-electron chi connectivity index (χ1n) is 7.92. The van der Waals surface area contributed by atoms with Gasteiger partial charge in [0.15, 0.2) is 11.7 Å². The largest absolute Gasteiger partial charge is 0.463 e. The molecule has 8 heteroatoms. The monoisotopic (exact) mass is 330 g/mol. The average Bonchev–Trinajstić information content (AvgIpc) is 3.29. The Morgan fingerprint density at radius 1 is 1.42 bits per heavy atom. The van der Waals surface area contributed by atoms with E-state index in [4.69, 9.17) is 13.6 Å². The van der Waals surface area contributed by atoms with Crippen LogP contribution in [0.3, 0.4) is 0 Å². The quantitative estimate of drug-likeness (QED) is 0.792. The summed E-state index contributed by atoms with van der Waals surface area (Å²) in [6, 6.07) is 3.51. The Bertz CT molecular complexity index is 834. The highest BCUT2D eigenvalue weighted by molar-refractivity contribution is 5.96. The first kappa shape index (κ1) is 14.9. The van der Waals surface area contributed by atoms with Crippen LogP contribution in [-0.2, 0) is 4.74 Å². The molecule has 126 valence electrons. The van der Waals surface area contributed by atoms with E-state index in [-0.39, 0.29) is 11.8 Å². The van der Waals surface area contributed by atoms with E-state index in [1.54, 1.807) is 23.3 Å². The fraction of sp³-hybridized carbons (Fsp3) is 0.438. The zero-order valence-corrected chi connectivity index (χ0v) is 13.5. The molecule has 0 aliphatic carbocycles. The Hall–Kier alpha value is -2.61. The van der Waals surface area contributed by atoms with Gasteiger partial charge in [0, 0.05) is 24.6 Å². The minimum atomic E-state index is -0.402. The molecular weight excluding hydrogens is 312 g/mol. The Labute approximate surface area is 137 Å². The topological polar surface area (TPSA) is 97.4 Å². The van der Waals surface area contributed by atoms with Crippen LogP contribution in [-0.4, -0.2) is 45.7 Å². The van der Waals surface area contributed by atoms with Gasteiger partial charge < -0.3 is 23.5 Å². The predicted octanol–water partition coefficient (Wildman–Crippen LogP) is 2.48. The van der Waals surface area contributed by atoms with Crippen LogP contribution in [0.5, 0.6) is 0 Å². The first-order valence-corrected chi connectivity index (χ1v) is 7.92. The van der Waals surface area contributed by atoms with E-state index in [2.05, 4.69) is 15.2 Å². The van der Waals surface area contributed by atoms with E-state index < -0.39 is 6.10 Å². The van der Waals surface area contributed by atoms with Gasteiger partial charge in [-0.2, -0.15) is 0 Å². The Balaban J connectivity index is 1.51. The Kier molecular flexibility index (Phi) is 3.61. The van der Waals surface area contributed by atoms with Crippen LogP contribution in [0.4, 0.5) is 0 Å². The van der Waals surface area contributed by atoms with Crippen molar-refractivity contribution in [1.82, 2.24) is 20.1 Å². The van der Waals surface area contributed by atoms with E-state index in [9.17, 15) is 4.79 Å². The molecule has 0 bridgehead atoms. The second kappa shape index (κ2) is 5.79. The molecule has 0 saturated carbocycles. The molecule has 24 heavy (non-hydrogen) atoms. The maximum Gasteiger partial charge on any atom is 0.270 e. The van der Waals surface area contributed by atoms with Gasteiger partial charge in [0.1, 0.15) is 5.69 Å². The van der Waals surface area contributed by atoms with Gasteiger partial charge >= 0.3 is 0 Å². The van der Waals surface area contributed by atoms with Gasteiger partial charge in [0.2, 0.25) is 11.8 Å². The molecule has 1 N–H and O–H groups in total. The van der Waals surface area contributed by atoms with Crippen LogP contribution in [0, 0.1) is 0 Å². The van der Waals surface area contributed by atoms with Crippen LogP contribution in [0.25, 0.3) is 11.1 Å². The highest BCUT2D eigenvalue weighted by Gasteiger charge is 2.30. The summed E-state index contributed by atoms with van der Waals surface area (Å²) in [4.78, 5) is 17.5. The fourth-order valence-electron chi connectivity index (χ4n) is 2.73. The lowest BCUT2D eigenvalue weighted by molar-refractivity contribution is -0.0352. The van der Waals surface area contributed by atoms with Crippen molar-refractivity contribution in [1.29, 1.82) is 0 Å². The van der Waals surface area contributed by atoms with Crippen molar-refractivity contribution in [2.75, 3.05) is 19.7 Å². The number of furan rings is 1. The number of H-pyrrole nitrogens is 1. The summed E-state index contributed by atoms with van der Waals surface area (Å²) in [6.07, 6.45) is 1.18. The van der Waals surface area contributed by atoms with Gasteiger partial charge in [-0.1, -0.05) is 13.8 Å². The number of rotatable bonds is 3. The molecular formula is C16H18N4O4. The molecule has 0 unspecified atom stereocenters. The highest BCUT2D eigenvalue weighted by atomic mass is 16.5. The number of morpholine rings is 1. The number of aromatic amines is 1. The van der Waals surface area contributed by atoms with Crippen LogP contribution in [0.2, 0.25) is 0 Å². The minimum Gasteiger partial charge on any atom is -0.463 e. The van der Waals surface area contributed by atoms with Gasteiger partial charge in [-0.3, -0.25) is 4.79 Å². The standard InChI is InChI=1S/C16H18N4O4/c1-9(2)14-18-19-15(24-14)13-8-20(4-6-23-13)16(21)11-7-12-10(17-11)3-5-22-12/h3,5,7,9,13,17H,4,6,8H2,1-2H3/t13-/m1/s1. The molecule has 4 heterocycles. The summed E-state index contributed by atoms with van der Waals surface area (Å²) in [5, 5.41) is 8.07. The van der Waals surface area contributed by atoms with Crippen molar-refractivity contribution in [2.45, 2.75) is 25.9 Å². The smallest absolute Gasteiger partial charge is 0.270 e. The molecule has 8 nitrogen and oxygen atoms in total. The molecule has 1 amide bonds. The molecule has 3 aromatic rings. The van der Waals surface area contributed by atoms with Gasteiger partial charge in [-0.15, -0.1) is 10.2 Å². The van der Waals surface area contributed by atoms with Gasteiger partial charge in [0.25, 0.3) is 5.91 Å². The predicted molar refractivity (Wildman–Crippen MR) is 83.5 cm³/mol. The number of amides is 1. The van der Waals surface area contributed by atoms with Crippen molar-refractivity contribution in [3.05, 3.63) is 35.9 Å². The van der Waals surface area contributed by atoms with Crippen LogP contribution in [0.1, 0.15) is 48.1 Å². The zero-order chi connectivity index (χ0) is 16.7. The second-order valence-corrected chi connectivity index (χ2v) is 6.13. The maximum absolute atomic E-state index is 12.7. The molecule has 1 aliphatic heterocycles. The van der Waals surface area contributed by atoms with Crippen molar-refractivity contribution in [3.63, 3.8) is 0 Å². The molecule has 0 radical (unpaired) electrons. The molecule has 1 aliphatic rings. The molecule has 1 fully saturated rings. The molecule has 3 aromatic heterocycles. The van der Waals surface area contributed by atoms with Crippen molar-refractivity contribution in [3.8, 4) is 0 Å². The third-order valence-electron chi connectivity index (χ3n) is 4.05. The lowest BCUT2D eigenvalue weighted by atomic mass is 10.2. The van der Waals surface area contributed by atoms with Gasteiger partial charge in [-0.05, 0) is 0 Å². The fourth-order valence-corrected chi connectivity index (χ4v) is 2.73. The Morgan fingerprint density at radius 3 is 3.04 bits per heavy atom. The average molecular weight is 330 g/mol. The SMILES string of the molecule is CC(C)c1nnc([C@H]2CN(C(=O)c3cc4occc4[nH]3)CCO2)o1. The van der Waals surface area contributed by atoms with Crippen LogP contribution < -0.4 is 0 Å². The molecule has 4 rings (SSSR count). The van der Waals surface area contributed by atoms with E-state index >= 15 is 0 Å². The first-order chi connectivity index (χ1) is 11.6. The number of aromatic nitrogens is 3. The minimum absolute atomic E-state index is 0.0988. The number of carbonyl (C=O) groups is 1. The van der Waals surface area contributed by atoms with Crippen molar-refractivity contribution < 1.29 is 18.4 Å². The number of nitrogens with zero attached hydrogens (tertiary/aromatic N) is 3. The molecule has 0 aromatic carbocycles. The highest BCUT2D eigenvalue weighted by Crippen LogP contribution is 2.25. The number of hydrogen-bond donors (Lipinski definition) is 1. The number of carbonyl (C=O) groups excluding carboxylic acids is 1. The second-order valence-electron chi connectivity index (χ2n) is 6.13. The van der Waals surface area contributed by atoms with Gasteiger partial charge in [0.05, 0.1) is 24.9 Å². The lowest BCUT2D eigenvalue weighted by Crippen LogP contribution is -2.42. The number of hydrogen-bond acceptors (Lipinski definition) is 6. The normalized spacial score (nSPS) is 18.6. The lowest BCUT2D eigenvalue weighted by Gasteiger charge is -2.30. The third kappa shape index (κ3) is 2.58. The van der Waals surface area contributed by atoms with Crippen molar-refractivity contribution in [2.24, 2.45) is 0 Å². The summed E-state index contributed by atoms with van der Waals surface area (Å²) in [6.45, 7) is 5.28. The molecule has 1 saturated heterocycles. The van der Waals surface area contributed by atoms with E-state index in [0.717, 1.165) is 5.52 Å². The number of fused-ring (bicyclic) bond motifs is 1. The van der Waals surface area contributed by atoms with Gasteiger partial charge in [-0.25, -0.2) is 0 Å². The van der Waals surface area contributed by atoms with E-state index in [1.807, 2.05) is 13.8 Å². The Morgan fingerprint density at radius 2 is 2.29 bits per heavy atom. The van der Waals surface area contributed by atoms with Crippen LogP contribution in [0.15, 0.2) is 27.2 Å². The molecule has 0 spiro atoms. The van der Waals surface area contributed by atoms with Crippen molar-refractivity contribution >= 4 is 17.0 Å². The summed E-state index contributed by atoms with van der Waals surface area (Å²) in [7, 11) is 0. The summed E-state index contributed by atoms with van der Waals surface area (Å²) < 4.78 is 16.6. The maximum atomic E-state index is 12.7. The number of ether oxygens (including phenoxy) is 1.